The zero-order valence-electron chi connectivity index (χ0n) is 14.9. The molecular weight excluding hydrogens is 378 g/mol. The van der Waals surface area contributed by atoms with Gasteiger partial charge in [0.25, 0.3) is 0 Å². The Morgan fingerprint density at radius 2 is 1.89 bits per heavy atom. The third kappa shape index (κ3) is 6.40. The van der Waals surface area contributed by atoms with Crippen LogP contribution in [0.2, 0.25) is 0 Å². The molecule has 0 radical (unpaired) electrons. The summed E-state index contributed by atoms with van der Waals surface area (Å²) in [5.74, 6) is -3.90. The lowest BCUT2D eigenvalue weighted by molar-refractivity contribution is -0.145. The van der Waals surface area contributed by atoms with E-state index in [2.05, 4.69) is 23.3 Å². The highest BCUT2D eigenvalue weighted by molar-refractivity contribution is 7.80. The maximum atomic E-state index is 12.6. The quantitative estimate of drug-likeness (QED) is 0.224. The molecule has 4 amide bonds. The maximum absolute atomic E-state index is 12.6. The fraction of sp³-hybridized carbons (Fsp3) is 0.667. The van der Waals surface area contributed by atoms with E-state index in [-0.39, 0.29) is 12.3 Å². The zero-order chi connectivity index (χ0) is 20.7. The number of nitrogens with two attached hydrogens (primary N) is 2. The largest absolute Gasteiger partial charge is 0.480 e. The van der Waals surface area contributed by atoms with Gasteiger partial charge in [-0.3, -0.25) is 19.2 Å². The molecule has 1 heterocycles. The molecule has 152 valence electrons. The number of aliphatic carboxylic acids is 1. The highest BCUT2D eigenvalue weighted by Crippen LogP contribution is 2.19. The highest BCUT2D eigenvalue weighted by atomic mass is 32.1. The molecule has 0 bridgehead atoms. The minimum atomic E-state index is -1.47. The zero-order valence-corrected chi connectivity index (χ0v) is 15.8. The Morgan fingerprint density at radius 1 is 1.26 bits per heavy atom. The van der Waals surface area contributed by atoms with Gasteiger partial charge in [0.1, 0.15) is 18.1 Å². The predicted molar refractivity (Wildman–Crippen MR) is 97.5 cm³/mol. The van der Waals surface area contributed by atoms with Gasteiger partial charge < -0.3 is 32.1 Å². The second kappa shape index (κ2) is 10.1. The van der Waals surface area contributed by atoms with Crippen molar-refractivity contribution in [3.05, 3.63) is 0 Å². The average Bonchev–Trinajstić information content (AvgIpc) is 3.08. The number of nitrogens with zero attached hydrogens (tertiary/aromatic N) is 1. The van der Waals surface area contributed by atoms with Crippen LogP contribution in [-0.4, -0.2) is 76.1 Å². The Morgan fingerprint density at radius 3 is 2.41 bits per heavy atom. The highest BCUT2D eigenvalue weighted by Gasteiger charge is 2.38. The molecule has 1 rings (SSSR count). The SMILES string of the molecule is CC(NC(=O)C(N)CS)C(=O)N1CCCC1C(=O)NC(CC(N)=O)C(=O)O. The normalized spacial score (nSPS) is 19.7. The summed E-state index contributed by atoms with van der Waals surface area (Å²) in [5.41, 5.74) is 10.5. The molecule has 1 aliphatic heterocycles. The molecule has 1 aliphatic rings. The molecule has 0 spiro atoms. The number of rotatable bonds is 9. The summed E-state index contributed by atoms with van der Waals surface area (Å²) in [5, 5.41) is 13.8. The lowest BCUT2D eigenvalue weighted by Gasteiger charge is -2.28. The number of hydrogen-bond donors (Lipinski definition) is 6. The molecule has 1 saturated heterocycles. The van der Waals surface area contributed by atoms with E-state index in [4.69, 9.17) is 16.6 Å². The lowest BCUT2D eigenvalue weighted by Crippen LogP contribution is -2.56. The number of carbonyl (C=O) groups excluding carboxylic acids is 4. The van der Waals surface area contributed by atoms with E-state index in [0.29, 0.717) is 12.8 Å². The van der Waals surface area contributed by atoms with Crippen molar-refractivity contribution in [3.8, 4) is 0 Å². The van der Waals surface area contributed by atoms with Gasteiger partial charge >= 0.3 is 5.97 Å². The van der Waals surface area contributed by atoms with Crippen LogP contribution in [0.25, 0.3) is 0 Å². The van der Waals surface area contributed by atoms with Crippen LogP contribution in [-0.2, 0) is 24.0 Å². The van der Waals surface area contributed by atoms with Gasteiger partial charge in [-0.25, -0.2) is 4.79 Å². The molecule has 4 atom stereocenters. The van der Waals surface area contributed by atoms with Crippen molar-refractivity contribution in [3.63, 3.8) is 0 Å². The number of carboxylic acids is 1. The second-order valence-corrected chi connectivity index (χ2v) is 6.64. The summed E-state index contributed by atoms with van der Waals surface area (Å²) in [6.45, 7) is 1.75. The van der Waals surface area contributed by atoms with Crippen LogP contribution in [0.1, 0.15) is 26.2 Å². The number of nitrogens with one attached hydrogen (secondary N) is 2. The molecule has 0 aromatic heterocycles. The van der Waals surface area contributed by atoms with Crippen molar-refractivity contribution < 1.29 is 29.1 Å². The minimum absolute atomic E-state index is 0.109. The first kappa shape index (κ1) is 22.7. The van der Waals surface area contributed by atoms with E-state index < -0.39 is 60.2 Å². The van der Waals surface area contributed by atoms with Crippen molar-refractivity contribution in [1.29, 1.82) is 0 Å². The summed E-state index contributed by atoms with van der Waals surface area (Å²) < 4.78 is 0. The van der Waals surface area contributed by atoms with Crippen LogP contribution in [0.4, 0.5) is 0 Å². The number of hydrogen-bond acceptors (Lipinski definition) is 7. The Hall–Kier alpha value is -2.34. The van der Waals surface area contributed by atoms with E-state index in [9.17, 15) is 24.0 Å². The van der Waals surface area contributed by atoms with E-state index in [1.807, 2.05) is 0 Å². The second-order valence-electron chi connectivity index (χ2n) is 6.28. The van der Waals surface area contributed by atoms with Gasteiger partial charge in [-0.2, -0.15) is 12.6 Å². The Kier molecular flexibility index (Phi) is 8.50. The fourth-order valence-corrected chi connectivity index (χ4v) is 2.85. The van der Waals surface area contributed by atoms with E-state index in [1.54, 1.807) is 0 Å². The summed E-state index contributed by atoms with van der Waals surface area (Å²) in [4.78, 5) is 60.2. The van der Waals surface area contributed by atoms with Gasteiger partial charge in [0.15, 0.2) is 0 Å². The molecule has 12 heteroatoms. The summed E-state index contributed by atoms with van der Waals surface area (Å²) in [6.07, 6.45) is 0.307. The fourth-order valence-electron chi connectivity index (χ4n) is 2.69. The average molecular weight is 403 g/mol. The van der Waals surface area contributed by atoms with Crippen molar-refractivity contribution in [2.75, 3.05) is 12.3 Å². The molecule has 11 nitrogen and oxygen atoms in total. The van der Waals surface area contributed by atoms with Crippen LogP contribution < -0.4 is 22.1 Å². The van der Waals surface area contributed by atoms with Gasteiger partial charge in [0.2, 0.25) is 23.6 Å². The number of amides is 4. The number of carbonyl (C=O) groups is 5. The first-order chi connectivity index (χ1) is 12.6. The van der Waals surface area contributed by atoms with Gasteiger partial charge in [0, 0.05) is 12.3 Å². The molecular formula is C15H25N5O6S. The molecule has 0 aromatic carbocycles. The van der Waals surface area contributed by atoms with Crippen molar-refractivity contribution in [2.24, 2.45) is 11.5 Å². The molecule has 7 N–H and O–H groups in total. The van der Waals surface area contributed by atoms with Crippen molar-refractivity contribution >= 4 is 42.2 Å². The third-order valence-electron chi connectivity index (χ3n) is 4.12. The van der Waals surface area contributed by atoms with E-state index in [1.165, 1.54) is 11.8 Å². The summed E-state index contributed by atoms with van der Waals surface area (Å²) in [6, 6.07) is -4.16. The number of thiol groups is 1. The summed E-state index contributed by atoms with van der Waals surface area (Å²) in [7, 11) is 0. The van der Waals surface area contributed by atoms with Crippen LogP contribution in [0.3, 0.4) is 0 Å². The number of primary amides is 1. The van der Waals surface area contributed by atoms with E-state index >= 15 is 0 Å². The van der Waals surface area contributed by atoms with Crippen LogP contribution in [0.5, 0.6) is 0 Å². The third-order valence-corrected chi connectivity index (χ3v) is 4.51. The van der Waals surface area contributed by atoms with Gasteiger partial charge in [-0.05, 0) is 19.8 Å². The van der Waals surface area contributed by atoms with Gasteiger partial charge in [-0.15, -0.1) is 0 Å². The molecule has 0 aromatic rings. The summed E-state index contributed by atoms with van der Waals surface area (Å²) >= 11 is 3.91. The first-order valence-electron chi connectivity index (χ1n) is 8.37. The van der Waals surface area contributed by atoms with Gasteiger partial charge in [-0.1, -0.05) is 0 Å². The molecule has 0 aliphatic carbocycles. The number of carboxylic acid groups (broad SMARTS) is 1. The minimum Gasteiger partial charge on any atom is -0.480 e. The molecule has 4 unspecified atom stereocenters. The van der Waals surface area contributed by atoms with Crippen LogP contribution in [0.15, 0.2) is 0 Å². The van der Waals surface area contributed by atoms with Crippen LogP contribution in [0, 0.1) is 0 Å². The van der Waals surface area contributed by atoms with E-state index in [0.717, 1.165) is 0 Å². The van der Waals surface area contributed by atoms with Crippen LogP contribution >= 0.6 is 12.6 Å². The first-order valence-corrected chi connectivity index (χ1v) is 9.00. The monoisotopic (exact) mass is 403 g/mol. The lowest BCUT2D eigenvalue weighted by atomic mass is 10.1. The van der Waals surface area contributed by atoms with Crippen molar-refractivity contribution in [1.82, 2.24) is 15.5 Å². The Balaban J connectivity index is 2.77. The Bertz CT molecular complexity index is 616. The molecule has 0 saturated carbocycles. The standard InChI is InChI=1S/C15H25N5O6S/c1-7(18-12(22)8(16)6-27)14(24)20-4-2-3-10(20)13(23)19-9(15(25)26)5-11(17)21/h7-10,27H,2-6,16H2,1H3,(H2,17,21)(H,18,22)(H,19,23)(H,25,26). The smallest absolute Gasteiger partial charge is 0.326 e. The topological polar surface area (TPSA) is 185 Å². The molecule has 27 heavy (non-hydrogen) atoms. The molecule has 1 fully saturated rings. The number of likely N-dealkylation sites (tertiary alicyclic amines) is 1. The predicted octanol–water partition coefficient (Wildman–Crippen LogP) is -2.82. The Labute approximate surface area is 161 Å². The maximum Gasteiger partial charge on any atom is 0.326 e. The van der Waals surface area contributed by atoms with Gasteiger partial charge in [0.05, 0.1) is 12.5 Å². The van der Waals surface area contributed by atoms with Crippen molar-refractivity contribution in [2.45, 2.75) is 50.4 Å².